The molecule has 1 aromatic heterocycles. The SMILES string of the molecule is COc1ccc(C[C@H]2CN(Cc3nc(C)cs3)CC[C@H]2OC)cc1. The van der Waals surface area contributed by atoms with Crippen LogP contribution in [0.2, 0.25) is 0 Å². The second-order valence-corrected chi connectivity index (χ2v) is 7.44. The number of piperidine rings is 1. The number of aromatic nitrogens is 1. The average Bonchev–Trinajstić information content (AvgIpc) is 3.01. The van der Waals surface area contributed by atoms with Crippen LogP contribution in [0.5, 0.6) is 5.75 Å². The maximum Gasteiger partial charge on any atom is 0.118 e. The molecule has 1 fully saturated rings. The van der Waals surface area contributed by atoms with Gasteiger partial charge in [-0.1, -0.05) is 12.1 Å². The number of aryl methyl sites for hydroxylation is 1. The first-order valence-electron chi connectivity index (χ1n) is 8.47. The summed E-state index contributed by atoms with van der Waals surface area (Å²) in [7, 11) is 3.54. The molecule has 0 bridgehead atoms. The minimum absolute atomic E-state index is 0.335. The molecule has 2 aromatic rings. The Hall–Kier alpha value is -1.43. The number of ether oxygens (including phenoxy) is 2. The van der Waals surface area contributed by atoms with Crippen LogP contribution in [0.1, 0.15) is 22.7 Å². The van der Waals surface area contributed by atoms with Gasteiger partial charge in [0.2, 0.25) is 0 Å². The summed E-state index contributed by atoms with van der Waals surface area (Å²) in [6, 6.07) is 8.40. The predicted octanol–water partition coefficient (Wildman–Crippen LogP) is 3.54. The summed E-state index contributed by atoms with van der Waals surface area (Å²) in [4.78, 5) is 7.12. The minimum Gasteiger partial charge on any atom is -0.497 e. The molecule has 1 saturated heterocycles. The second kappa shape index (κ2) is 8.10. The molecule has 130 valence electrons. The van der Waals surface area contributed by atoms with E-state index in [-0.39, 0.29) is 0 Å². The van der Waals surface area contributed by atoms with Gasteiger partial charge in [-0.2, -0.15) is 0 Å². The van der Waals surface area contributed by atoms with Gasteiger partial charge in [-0.25, -0.2) is 4.98 Å². The van der Waals surface area contributed by atoms with Crippen molar-refractivity contribution in [3.05, 3.63) is 45.9 Å². The molecule has 4 nitrogen and oxygen atoms in total. The molecule has 0 aliphatic carbocycles. The van der Waals surface area contributed by atoms with E-state index in [1.54, 1.807) is 18.4 Å². The Morgan fingerprint density at radius 1 is 1.25 bits per heavy atom. The van der Waals surface area contributed by atoms with Crippen LogP contribution < -0.4 is 4.74 Å². The third-order valence-corrected chi connectivity index (χ3v) is 5.68. The van der Waals surface area contributed by atoms with E-state index in [2.05, 4.69) is 34.3 Å². The maximum absolute atomic E-state index is 5.76. The standard InChI is InChI=1S/C19H26N2O2S/c1-14-13-24-19(20-14)12-21-9-8-18(23-3)16(11-21)10-15-4-6-17(22-2)7-5-15/h4-7,13,16,18H,8-12H2,1-3H3/t16-,18+/m0/s1. The van der Waals surface area contributed by atoms with Gasteiger partial charge < -0.3 is 9.47 Å². The van der Waals surface area contributed by atoms with Gasteiger partial charge in [-0.3, -0.25) is 4.90 Å². The summed E-state index contributed by atoms with van der Waals surface area (Å²) in [6.07, 6.45) is 2.46. The lowest BCUT2D eigenvalue weighted by Gasteiger charge is -2.37. The molecule has 0 N–H and O–H groups in total. The lowest BCUT2D eigenvalue weighted by atomic mass is 9.88. The van der Waals surface area contributed by atoms with Crippen molar-refractivity contribution in [2.24, 2.45) is 5.92 Å². The van der Waals surface area contributed by atoms with E-state index in [9.17, 15) is 0 Å². The molecule has 24 heavy (non-hydrogen) atoms. The summed E-state index contributed by atoms with van der Waals surface area (Å²) in [6.45, 7) is 5.15. The molecule has 1 aliphatic heterocycles. The highest BCUT2D eigenvalue weighted by Gasteiger charge is 2.29. The number of nitrogens with zero attached hydrogens (tertiary/aromatic N) is 2. The van der Waals surface area contributed by atoms with Crippen LogP contribution in [-0.2, 0) is 17.7 Å². The van der Waals surface area contributed by atoms with E-state index in [1.807, 2.05) is 19.2 Å². The normalized spacial score (nSPS) is 21.8. The lowest BCUT2D eigenvalue weighted by Crippen LogP contribution is -2.44. The van der Waals surface area contributed by atoms with Crippen LogP contribution in [-0.4, -0.2) is 43.3 Å². The molecule has 2 atom stereocenters. The minimum atomic E-state index is 0.335. The van der Waals surface area contributed by atoms with Crippen molar-refractivity contribution in [2.45, 2.75) is 32.4 Å². The first-order chi connectivity index (χ1) is 11.7. The fourth-order valence-corrected chi connectivity index (χ4v) is 4.28. The number of likely N-dealkylation sites (tertiary alicyclic amines) is 1. The van der Waals surface area contributed by atoms with Crippen molar-refractivity contribution < 1.29 is 9.47 Å². The predicted molar refractivity (Wildman–Crippen MR) is 97.7 cm³/mol. The van der Waals surface area contributed by atoms with Crippen molar-refractivity contribution in [1.82, 2.24) is 9.88 Å². The van der Waals surface area contributed by atoms with Crippen LogP contribution in [0.3, 0.4) is 0 Å². The number of methoxy groups -OCH3 is 2. The zero-order chi connectivity index (χ0) is 16.9. The quantitative estimate of drug-likeness (QED) is 0.801. The number of hydrogen-bond donors (Lipinski definition) is 0. The van der Waals surface area contributed by atoms with Crippen LogP contribution in [0.15, 0.2) is 29.6 Å². The molecule has 0 amide bonds. The highest BCUT2D eigenvalue weighted by Crippen LogP contribution is 2.26. The van der Waals surface area contributed by atoms with Gasteiger partial charge in [-0.15, -0.1) is 11.3 Å². The number of benzene rings is 1. The lowest BCUT2D eigenvalue weighted by molar-refractivity contribution is -0.00850. The molecule has 2 heterocycles. The molecular formula is C19H26N2O2S. The number of hydrogen-bond acceptors (Lipinski definition) is 5. The van der Waals surface area contributed by atoms with Crippen molar-refractivity contribution in [3.63, 3.8) is 0 Å². The Bertz CT molecular complexity index is 641. The topological polar surface area (TPSA) is 34.6 Å². The smallest absolute Gasteiger partial charge is 0.118 e. The molecule has 0 saturated carbocycles. The fourth-order valence-electron chi connectivity index (χ4n) is 3.47. The zero-order valence-electron chi connectivity index (χ0n) is 14.7. The van der Waals surface area contributed by atoms with Gasteiger partial charge in [0.05, 0.1) is 19.8 Å². The third kappa shape index (κ3) is 4.35. The molecule has 5 heteroatoms. The first-order valence-corrected chi connectivity index (χ1v) is 9.35. The summed E-state index contributed by atoms with van der Waals surface area (Å²) in [5.74, 6) is 1.42. The summed E-state index contributed by atoms with van der Waals surface area (Å²) >= 11 is 1.76. The highest BCUT2D eigenvalue weighted by atomic mass is 32.1. The van der Waals surface area contributed by atoms with E-state index in [0.29, 0.717) is 12.0 Å². The van der Waals surface area contributed by atoms with E-state index in [0.717, 1.165) is 43.9 Å². The van der Waals surface area contributed by atoms with E-state index in [1.165, 1.54) is 10.6 Å². The Morgan fingerprint density at radius 2 is 2.04 bits per heavy atom. The molecule has 0 spiro atoms. The summed E-state index contributed by atoms with van der Waals surface area (Å²) < 4.78 is 11.0. The molecule has 1 aliphatic rings. The highest BCUT2D eigenvalue weighted by molar-refractivity contribution is 7.09. The Labute approximate surface area is 148 Å². The number of thiazole rings is 1. The van der Waals surface area contributed by atoms with Crippen molar-refractivity contribution >= 4 is 11.3 Å². The molecular weight excluding hydrogens is 320 g/mol. The van der Waals surface area contributed by atoms with Crippen molar-refractivity contribution in [3.8, 4) is 5.75 Å². The van der Waals surface area contributed by atoms with Gasteiger partial charge >= 0.3 is 0 Å². The van der Waals surface area contributed by atoms with Crippen LogP contribution in [0, 0.1) is 12.8 Å². The first kappa shape index (κ1) is 17.4. The Kier molecular flexibility index (Phi) is 5.87. The Morgan fingerprint density at radius 3 is 2.67 bits per heavy atom. The van der Waals surface area contributed by atoms with Gasteiger partial charge in [0.25, 0.3) is 0 Å². The fraction of sp³-hybridized carbons (Fsp3) is 0.526. The zero-order valence-corrected chi connectivity index (χ0v) is 15.5. The van der Waals surface area contributed by atoms with Gasteiger partial charge in [0.15, 0.2) is 0 Å². The van der Waals surface area contributed by atoms with Crippen LogP contribution in [0.4, 0.5) is 0 Å². The monoisotopic (exact) mass is 346 g/mol. The Balaban J connectivity index is 1.64. The average molecular weight is 346 g/mol. The number of rotatable bonds is 6. The van der Waals surface area contributed by atoms with E-state index >= 15 is 0 Å². The van der Waals surface area contributed by atoms with Gasteiger partial charge in [-0.05, 0) is 37.5 Å². The second-order valence-electron chi connectivity index (χ2n) is 6.49. The molecule has 0 unspecified atom stereocenters. The molecule has 0 radical (unpaired) electrons. The summed E-state index contributed by atoms with van der Waals surface area (Å²) in [5.41, 5.74) is 2.46. The van der Waals surface area contributed by atoms with Crippen molar-refractivity contribution in [1.29, 1.82) is 0 Å². The van der Waals surface area contributed by atoms with Gasteiger partial charge in [0.1, 0.15) is 10.8 Å². The molecule has 3 rings (SSSR count). The largest absolute Gasteiger partial charge is 0.497 e. The maximum atomic E-state index is 5.76. The van der Waals surface area contributed by atoms with Crippen LogP contribution >= 0.6 is 11.3 Å². The third-order valence-electron chi connectivity index (χ3n) is 4.73. The van der Waals surface area contributed by atoms with Crippen molar-refractivity contribution in [2.75, 3.05) is 27.3 Å². The summed E-state index contributed by atoms with van der Waals surface area (Å²) in [5, 5.41) is 3.35. The van der Waals surface area contributed by atoms with E-state index < -0.39 is 0 Å². The van der Waals surface area contributed by atoms with Crippen LogP contribution in [0.25, 0.3) is 0 Å². The molecule has 1 aromatic carbocycles. The van der Waals surface area contributed by atoms with E-state index in [4.69, 9.17) is 9.47 Å². The van der Waals surface area contributed by atoms with Gasteiger partial charge in [0, 0.05) is 37.2 Å².